The lowest BCUT2D eigenvalue weighted by Gasteiger charge is -2.14. The molecule has 2 fully saturated rings. The van der Waals surface area contributed by atoms with E-state index in [9.17, 15) is 4.79 Å². The maximum Gasteiger partial charge on any atom is 0.126 e. The van der Waals surface area contributed by atoms with Gasteiger partial charge in [-0.2, -0.15) is 0 Å². The highest BCUT2D eigenvalue weighted by Gasteiger charge is 2.54. The Hall–Kier alpha value is -0.330. The number of fused-ring (bicyclic) bond motifs is 1. The fourth-order valence-corrected chi connectivity index (χ4v) is 2.14. The first-order valence-electron chi connectivity index (χ1n) is 3.84. The summed E-state index contributed by atoms with van der Waals surface area (Å²) in [6.45, 7) is 0. The highest BCUT2D eigenvalue weighted by Crippen LogP contribution is 2.59. The molecular formula is C8H12O. The van der Waals surface area contributed by atoms with E-state index < -0.39 is 0 Å². The van der Waals surface area contributed by atoms with Crippen molar-refractivity contribution in [1.82, 2.24) is 0 Å². The molecule has 1 heteroatoms. The van der Waals surface area contributed by atoms with E-state index in [2.05, 4.69) is 0 Å². The Labute approximate surface area is 55.4 Å². The summed E-state index contributed by atoms with van der Waals surface area (Å²) in [6, 6.07) is 0. The topological polar surface area (TPSA) is 17.1 Å². The minimum Gasteiger partial charge on any atom is -0.303 e. The molecule has 2 aliphatic carbocycles. The van der Waals surface area contributed by atoms with Crippen molar-refractivity contribution in [3.8, 4) is 0 Å². The van der Waals surface area contributed by atoms with Gasteiger partial charge in [0.05, 0.1) is 0 Å². The Balaban J connectivity index is 2.09. The van der Waals surface area contributed by atoms with Crippen molar-refractivity contribution in [3.05, 3.63) is 0 Å². The van der Waals surface area contributed by atoms with E-state index in [0.717, 1.165) is 5.92 Å². The summed E-state index contributed by atoms with van der Waals surface area (Å²) in [5, 5.41) is 0. The summed E-state index contributed by atoms with van der Waals surface area (Å²) in [5.74, 6) is 0.795. The number of hydrogen-bond acceptors (Lipinski definition) is 1. The molecule has 0 radical (unpaired) electrons. The monoisotopic (exact) mass is 124 g/mol. The first-order valence-corrected chi connectivity index (χ1v) is 3.84. The third-order valence-electron chi connectivity index (χ3n) is 2.96. The summed E-state index contributed by atoms with van der Waals surface area (Å²) >= 11 is 0. The van der Waals surface area contributed by atoms with Crippen LogP contribution < -0.4 is 0 Å². The van der Waals surface area contributed by atoms with E-state index in [1.807, 2.05) is 0 Å². The molecule has 0 aliphatic heterocycles. The lowest BCUT2D eigenvalue weighted by molar-refractivity contribution is -0.113. The zero-order chi connectivity index (χ0) is 6.32. The fraction of sp³-hybridized carbons (Fsp3) is 0.875. The quantitative estimate of drug-likeness (QED) is 0.487. The zero-order valence-corrected chi connectivity index (χ0v) is 5.60. The van der Waals surface area contributed by atoms with Gasteiger partial charge in [-0.1, -0.05) is 12.8 Å². The number of carbonyl (C=O) groups is 1. The lowest BCUT2D eigenvalue weighted by atomic mass is 9.90. The Bertz CT molecular complexity index is 142. The minimum absolute atomic E-state index is 0.207. The molecule has 2 aliphatic rings. The lowest BCUT2D eigenvalue weighted by Crippen LogP contribution is -2.09. The second-order valence-electron chi connectivity index (χ2n) is 3.50. The third kappa shape index (κ3) is 0.637. The van der Waals surface area contributed by atoms with E-state index >= 15 is 0 Å². The molecule has 9 heavy (non-hydrogen) atoms. The van der Waals surface area contributed by atoms with Crippen molar-refractivity contribution in [3.63, 3.8) is 0 Å². The Kier molecular flexibility index (Phi) is 0.961. The van der Waals surface area contributed by atoms with E-state index in [1.54, 1.807) is 0 Å². The van der Waals surface area contributed by atoms with Crippen molar-refractivity contribution >= 4 is 6.29 Å². The van der Waals surface area contributed by atoms with Crippen LogP contribution in [0.5, 0.6) is 0 Å². The second-order valence-corrected chi connectivity index (χ2v) is 3.50. The van der Waals surface area contributed by atoms with Gasteiger partial charge in [-0.25, -0.2) is 0 Å². The van der Waals surface area contributed by atoms with Crippen LogP contribution in [0, 0.1) is 11.3 Å². The zero-order valence-electron chi connectivity index (χ0n) is 5.60. The number of rotatable bonds is 1. The molecule has 0 aromatic heterocycles. The summed E-state index contributed by atoms with van der Waals surface area (Å²) in [7, 11) is 0. The Morgan fingerprint density at radius 1 is 1.44 bits per heavy atom. The minimum atomic E-state index is 0.207. The molecule has 0 unspecified atom stereocenters. The van der Waals surface area contributed by atoms with Crippen molar-refractivity contribution in [2.24, 2.45) is 11.3 Å². The first kappa shape index (κ1) is 5.45. The van der Waals surface area contributed by atoms with E-state index in [-0.39, 0.29) is 5.41 Å². The summed E-state index contributed by atoms with van der Waals surface area (Å²) in [6.07, 6.45) is 7.56. The van der Waals surface area contributed by atoms with Gasteiger partial charge in [0.2, 0.25) is 0 Å². The smallest absolute Gasteiger partial charge is 0.126 e. The SMILES string of the molecule is O=C[C@]12CCCC[C@H]1C2. The molecular weight excluding hydrogens is 112 g/mol. The van der Waals surface area contributed by atoms with E-state index in [4.69, 9.17) is 0 Å². The van der Waals surface area contributed by atoms with Crippen LogP contribution in [0.3, 0.4) is 0 Å². The molecule has 0 N–H and O–H groups in total. The van der Waals surface area contributed by atoms with Crippen molar-refractivity contribution < 1.29 is 4.79 Å². The van der Waals surface area contributed by atoms with Crippen LogP contribution >= 0.6 is 0 Å². The highest BCUT2D eigenvalue weighted by molar-refractivity contribution is 5.64. The van der Waals surface area contributed by atoms with Crippen molar-refractivity contribution in [2.45, 2.75) is 32.1 Å². The normalized spacial score (nSPS) is 47.8. The molecule has 1 nitrogen and oxygen atoms in total. The van der Waals surface area contributed by atoms with Gasteiger partial charge in [0.15, 0.2) is 0 Å². The third-order valence-corrected chi connectivity index (χ3v) is 2.96. The molecule has 2 atom stereocenters. The first-order chi connectivity index (χ1) is 4.37. The molecule has 0 amide bonds. The Morgan fingerprint density at radius 3 is 2.89 bits per heavy atom. The van der Waals surface area contributed by atoms with Gasteiger partial charge in [0, 0.05) is 5.41 Å². The predicted molar refractivity (Wildman–Crippen MR) is 35.1 cm³/mol. The van der Waals surface area contributed by atoms with Crippen LogP contribution in [0.4, 0.5) is 0 Å². The maximum absolute atomic E-state index is 10.5. The standard InChI is InChI=1S/C8H12O/c9-6-8-4-2-1-3-7(8)5-8/h6-7H,1-5H2/t7-,8+/m0/s1. The largest absolute Gasteiger partial charge is 0.303 e. The van der Waals surface area contributed by atoms with Gasteiger partial charge in [-0.15, -0.1) is 0 Å². The van der Waals surface area contributed by atoms with Gasteiger partial charge in [0.25, 0.3) is 0 Å². The van der Waals surface area contributed by atoms with Crippen LogP contribution in [0.15, 0.2) is 0 Å². The van der Waals surface area contributed by atoms with Gasteiger partial charge in [0.1, 0.15) is 6.29 Å². The highest BCUT2D eigenvalue weighted by atomic mass is 16.1. The van der Waals surface area contributed by atoms with Crippen LogP contribution in [0.2, 0.25) is 0 Å². The van der Waals surface area contributed by atoms with Gasteiger partial charge < -0.3 is 4.79 Å². The van der Waals surface area contributed by atoms with Crippen LogP contribution in [-0.4, -0.2) is 6.29 Å². The number of hydrogen-bond donors (Lipinski definition) is 0. The molecule has 50 valence electrons. The summed E-state index contributed by atoms with van der Waals surface area (Å²) in [5.41, 5.74) is 0.207. The van der Waals surface area contributed by atoms with E-state index in [1.165, 1.54) is 38.4 Å². The van der Waals surface area contributed by atoms with E-state index in [0.29, 0.717) is 0 Å². The molecule has 0 aromatic carbocycles. The van der Waals surface area contributed by atoms with Gasteiger partial charge >= 0.3 is 0 Å². The number of aldehydes is 1. The van der Waals surface area contributed by atoms with Crippen LogP contribution in [0.25, 0.3) is 0 Å². The predicted octanol–water partition coefficient (Wildman–Crippen LogP) is 1.77. The average Bonchev–Trinajstić information content (AvgIpc) is 2.62. The molecule has 2 rings (SSSR count). The van der Waals surface area contributed by atoms with Crippen LogP contribution in [0.1, 0.15) is 32.1 Å². The molecule has 0 bridgehead atoms. The average molecular weight is 124 g/mol. The van der Waals surface area contributed by atoms with Gasteiger partial charge in [-0.05, 0) is 25.2 Å². The molecule has 0 saturated heterocycles. The molecule has 0 heterocycles. The number of carbonyl (C=O) groups excluding carboxylic acids is 1. The van der Waals surface area contributed by atoms with Gasteiger partial charge in [-0.3, -0.25) is 0 Å². The second kappa shape index (κ2) is 1.59. The Morgan fingerprint density at radius 2 is 2.33 bits per heavy atom. The van der Waals surface area contributed by atoms with Crippen LogP contribution in [-0.2, 0) is 4.79 Å². The summed E-state index contributed by atoms with van der Waals surface area (Å²) in [4.78, 5) is 10.5. The fourth-order valence-electron chi connectivity index (χ4n) is 2.14. The maximum atomic E-state index is 10.5. The van der Waals surface area contributed by atoms with Crippen molar-refractivity contribution in [2.75, 3.05) is 0 Å². The summed E-state index contributed by atoms with van der Waals surface area (Å²) < 4.78 is 0. The molecule has 0 spiro atoms. The van der Waals surface area contributed by atoms with Crippen molar-refractivity contribution in [1.29, 1.82) is 0 Å². The molecule has 0 aromatic rings. The molecule has 2 saturated carbocycles.